The minimum atomic E-state index is -0.153. The van der Waals surface area contributed by atoms with Crippen LogP contribution in [0.1, 0.15) is 4.88 Å². The standard InChI is InChI=1S/C15H11N3OS/c1-10-12(11-5-3-2-4-6-11)13-14(20-10)17-9-18(8-7-16)15(13)19/h2-6,9H,8H2,1H3. The molecule has 0 bridgehead atoms. The third-order valence-corrected chi connectivity index (χ3v) is 4.17. The van der Waals surface area contributed by atoms with Crippen molar-refractivity contribution in [3.63, 3.8) is 0 Å². The van der Waals surface area contributed by atoms with Gasteiger partial charge < -0.3 is 0 Å². The number of hydrogen-bond donors (Lipinski definition) is 0. The number of aromatic nitrogens is 2. The average molecular weight is 281 g/mol. The third kappa shape index (κ3) is 1.91. The van der Waals surface area contributed by atoms with E-state index in [1.54, 1.807) is 0 Å². The molecule has 0 saturated heterocycles. The second-order valence-corrected chi connectivity index (χ2v) is 5.62. The summed E-state index contributed by atoms with van der Waals surface area (Å²) in [6, 6.07) is 11.8. The molecule has 3 rings (SSSR count). The van der Waals surface area contributed by atoms with Crippen molar-refractivity contribution in [2.24, 2.45) is 0 Å². The number of aryl methyl sites for hydroxylation is 1. The Hall–Kier alpha value is -2.45. The van der Waals surface area contributed by atoms with Gasteiger partial charge in [-0.2, -0.15) is 5.26 Å². The third-order valence-electron chi connectivity index (χ3n) is 3.16. The van der Waals surface area contributed by atoms with Crippen molar-refractivity contribution < 1.29 is 0 Å². The fourth-order valence-electron chi connectivity index (χ4n) is 2.28. The number of hydrogen-bond acceptors (Lipinski definition) is 4. The van der Waals surface area contributed by atoms with Crippen molar-refractivity contribution in [3.8, 4) is 17.2 Å². The van der Waals surface area contributed by atoms with Gasteiger partial charge in [0.2, 0.25) is 0 Å². The number of thiophene rings is 1. The Kier molecular flexibility index (Phi) is 3.09. The van der Waals surface area contributed by atoms with Gasteiger partial charge in [-0.3, -0.25) is 9.36 Å². The van der Waals surface area contributed by atoms with E-state index in [4.69, 9.17) is 5.26 Å². The summed E-state index contributed by atoms with van der Waals surface area (Å²) < 4.78 is 1.35. The molecule has 0 aliphatic heterocycles. The molecule has 0 aliphatic carbocycles. The normalized spacial score (nSPS) is 10.6. The summed E-state index contributed by atoms with van der Waals surface area (Å²) in [5, 5.41) is 9.38. The van der Waals surface area contributed by atoms with Crippen molar-refractivity contribution in [1.82, 2.24) is 9.55 Å². The summed E-state index contributed by atoms with van der Waals surface area (Å²) in [6.07, 6.45) is 1.44. The van der Waals surface area contributed by atoms with E-state index in [9.17, 15) is 4.79 Å². The highest BCUT2D eigenvalue weighted by Crippen LogP contribution is 2.35. The highest BCUT2D eigenvalue weighted by atomic mass is 32.1. The van der Waals surface area contributed by atoms with Crippen molar-refractivity contribution in [2.45, 2.75) is 13.5 Å². The van der Waals surface area contributed by atoms with Crippen LogP contribution >= 0.6 is 11.3 Å². The minimum absolute atomic E-state index is 0.0187. The predicted octanol–water partition coefficient (Wildman–Crippen LogP) is 2.96. The van der Waals surface area contributed by atoms with Gasteiger partial charge in [0.25, 0.3) is 5.56 Å². The second-order valence-electron chi connectivity index (χ2n) is 4.42. The molecule has 4 nitrogen and oxygen atoms in total. The lowest BCUT2D eigenvalue weighted by atomic mass is 10.0. The molecule has 0 unspecified atom stereocenters. The highest BCUT2D eigenvalue weighted by molar-refractivity contribution is 7.19. The first-order valence-corrected chi connectivity index (χ1v) is 6.95. The van der Waals surface area contributed by atoms with E-state index in [1.165, 1.54) is 22.2 Å². The fraction of sp³-hybridized carbons (Fsp3) is 0.133. The molecule has 98 valence electrons. The lowest BCUT2D eigenvalue weighted by Gasteiger charge is -2.03. The molecule has 0 aliphatic rings. The van der Waals surface area contributed by atoms with Crippen LogP contribution in [0.25, 0.3) is 21.3 Å². The van der Waals surface area contributed by atoms with Crippen LogP contribution in [0.4, 0.5) is 0 Å². The molecular formula is C15H11N3OS. The van der Waals surface area contributed by atoms with Crippen LogP contribution in [-0.2, 0) is 6.54 Å². The summed E-state index contributed by atoms with van der Waals surface area (Å²) in [7, 11) is 0. The molecule has 2 heterocycles. The number of nitrogens with zero attached hydrogens (tertiary/aromatic N) is 3. The molecule has 2 aromatic heterocycles. The molecule has 0 radical (unpaired) electrons. The quantitative estimate of drug-likeness (QED) is 0.725. The van der Waals surface area contributed by atoms with Crippen LogP contribution in [0, 0.1) is 18.3 Å². The van der Waals surface area contributed by atoms with E-state index >= 15 is 0 Å². The molecule has 3 aromatic rings. The number of rotatable bonds is 2. The molecule has 0 spiro atoms. The van der Waals surface area contributed by atoms with Crippen molar-refractivity contribution in [3.05, 3.63) is 51.9 Å². The topological polar surface area (TPSA) is 58.7 Å². The zero-order valence-electron chi connectivity index (χ0n) is 10.8. The van der Waals surface area contributed by atoms with E-state index in [0.717, 1.165) is 20.8 Å². The van der Waals surface area contributed by atoms with Crippen LogP contribution in [0.15, 0.2) is 41.5 Å². The maximum absolute atomic E-state index is 12.5. The lowest BCUT2D eigenvalue weighted by Crippen LogP contribution is -2.19. The molecule has 0 amide bonds. The van der Waals surface area contributed by atoms with E-state index in [2.05, 4.69) is 4.98 Å². The Morgan fingerprint density at radius 1 is 1.35 bits per heavy atom. The first-order chi connectivity index (χ1) is 9.72. The zero-order valence-corrected chi connectivity index (χ0v) is 11.6. The lowest BCUT2D eigenvalue weighted by molar-refractivity contribution is 0.777. The Morgan fingerprint density at radius 3 is 2.80 bits per heavy atom. The van der Waals surface area contributed by atoms with Crippen LogP contribution in [0.5, 0.6) is 0 Å². The molecule has 5 heteroatoms. The summed E-state index contributed by atoms with van der Waals surface area (Å²) in [6.45, 7) is 2.01. The summed E-state index contributed by atoms with van der Waals surface area (Å²) >= 11 is 1.51. The number of nitriles is 1. The monoisotopic (exact) mass is 281 g/mol. The van der Waals surface area contributed by atoms with Gasteiger partial charge in [-0.1, -0.05) is 30.3 Å². The van der Waals surface area contributed by atoms with Gasteiger partial charge in [-0.05, 0) is 12.5 Å². The van der Waals surface area contributed by atoms with Gasteiger partial charge in [0, 0.05) is 10.4 Å². The smallest absolute Gasteiger partial charge is 0.263 e. The van der Waals surface area contributed by atoms with E-state index in [1.807, 2.05) is 43.3 Å². The van der Waals surface area contributed by atoms with Crippen LogP contribution in [0.3, 0.4) is 0 Å². The molecule has 0 fully saturated rings. The number of fused-ring (bicyclic) bond motifs is 1. The van der Waals surface area contributed by atoms with Crippen LogP contribution in [0.2, 0.25) is 0 Å². The molecular weight excluding hydrogens is 270 g/mol. The predicted molar refractivity (Wildman–Crippen MR) is 79.7 cm³/mol. The van der Waals surface area contributed by atoms with Gasteiger partial charge in [0.05, 0.1) is 11.5 Å². The molecule has 1 aromatic carbocycles. The molecule has 20 heavy (non-hydrogen) atoms. The summed E-state index contributed by atoms with van der Waals surface area (Å²) in [5.74, 6) is 0. The van der Waals surface area contributed by atoms with Crippen molar-refractivity contribution in [2.75, 3.05) is 0 Å². The van der Waals surface area contributed by atoms with Crippen molar-refractivity contribution >= 4 is 21.6 Å². The zero-order chi connectivity index (χ0) is 14.1. The Bertz CT molecular complexity index is 872. The summed E-state index contributed by atoms with van der Waals surface area (Å²) in [4.78, 5) is 18.6. The maximum Gasteiger partial charge on any atom is 0.263 e. The first kappa shape index (κ1) is 12.6. The van der Waals surface area contributed by atoms with Gasteiger partial charge in [-0.15, -0.1) is 11.3 Å². The van der Waals surface area contributed by atoms with E-state index in [0.29, 0.717) is 5.39 Å². The Morgan fingerprint density at radius 2 is 2.10 bits per heavy atom. The van der Waals surface area contributed by atoms with E-state index < -0.39 is 0 Å². The van der Waals surface area contributed by atoms with Crippen molar-refractivity contribution in [1.29, 1.82) is 5.26 Å². The fourth-order valence-corrected chi connectivity index (χ4v) is 3.28. The SMILES string of the molecule is Cc1sc2ncn(CC#N)c(=O)c2c1-c1ccccc1. The van der Waals surface area contributed by atoms with Gasteiger partial charge in [0.1, 0.15) is 17.7 Å². The largest absolute Gasteiger partial charge is 0.285 e. The second kappa shape index (κ2) is 4.91. The highest BCUT2D eigenvalue weighted by Gasteiger charge is 2.16. The number of benzene rings is 1. The van der Waals surface area contributed by atoms with E-state index in [-0.39, 0.29) is 12.1 Å². The Balaban J connectivity index is 2.38. The van der Waals surface area contributed by atoms with Gasteiger partial charge >= 0.3 is 0 Å². The first-order valence-electron chi connectivity index (χ1n) is 6.13. The summed E-state index contributed by atoms with van der Waals surface area (Å²) in [5.41, 5.74) is 1.78. The maximum atomic E-state index is 12.5. The van der Waals surface area contributed by atoms with Gasteiger partial charge in [-0.25, -0.2) is 4.98 Å². The minimum Gasteiger partial charge on any atom is -0.285 e. The molecule has 0 atom stereocenters. The van der Waals surface area contributed by atoms with Crippen LogP contribution < -0.4 is 5.56 Å². The van der Waals surface area contributed by atoms with Gasteiger partial charge in [0.15, 0.2) is 0 Å². The molecule has 0 saturated carbocycles. The average Bonchev–Trinajstić information content (AvgIpc) is 2.80. The molecule has 0 N–H and O–H groups in total. The Labute approximate surface area is 119 Å². The van der Waals surface area contributed by atoms with Crippen LogP contribution in [-0.4, -0.2) is 9.55 Å².